The highest BCUT2D eigenvalue weighted by molar-refractivity contribution is 7.17. The first-order chi connectivity index (χ1) is 12.4. The van der Waals surface area contributed by atoms with Crippen molar-refractivity contribution < 1.29 is 9.53 Å². The first-order valence-electron chi connectivity index (χ1n) is 8.36. The van der Waals surface area contributed by atoms with Gasteiger partial charge in [0.2, 0.25) is 0 Å². The Hall–Kier alpha value is -2.51. The minimum Gasteiger partial charge on any atom is -0.374 e. The molecular weight excluding hydrogens is 350 g/mol. The summed E-state index contributed by atoms with van der Waals surface area (Å²) in [6.07, 6.45) is 0.165. The first kappa shape index (κ1) is 18.3. The third-order valence-electron chi connectivity index (χ3n) is 3.88. The molecule has 0 bridgehead atoms. The summed E-state index contributed by atoms with van der Waals surface area (Å²) in [5.74, 6) is 0.341. The average molecular weight is 371 g/mol. The number of fused-ring (bicyclic) bond motifs is 1. The van der Waals surface area contributed by atoms with E-state index in [2.05, 4.69) is 9.97 Å². The van der Waals surface area contributed by atoms with Crippen LogP contribution in [-0.4, -0.2) is 33.9 Å². The van der Waals surface area contributed by atoms with Gasteiger partial charge in [0.1, 0.15) is 10.5 Å². The quantitative estimate of drug-likeness (QED) is 0.722. The molecular formula is C19H21N3O3S. The van der Waals surface area contributed by atoms with E-state index < -0.39 is 0 Å². The van der Waals surface area contributed by atoms with Crippen molar-refractivity contribution in [3.05, 3.63) is 63.0 Å². The van der Waals surface area contributed by atoms with Crippen molar-refractivity contribution in [1.29, 1.82) is 0 Å². The summed E-state index contributed by atoms with van der Waals surface area (Å²) in [4.78, 5) is 33.3. The highest BCUT2D eigenvalue weighted by Gasteiger charge is 2.14. The molecule has 0 atom stereocenters. The maximum absolute atomic E-state index is 12.6. The van der Waals surface area contributed by atoms with Gasteiger partial charge in [0.25, 0.3) is 11.5 Å². The molecule has 0 radical (unpaired) electrons. The zero-order valence-corrected chi connectivity index (χ0v) is 15.8. The molecule has 0 spiro atoms. The largest absolute Gasteiger partial charge is 0.374 e. The molecule has 1 amide bonds. The van der Waals surface area contributed by atoms with Crippen LogP contribution in [0.15, 0.2) is 40.5 Å². The van der Waals surface area contributed by atoms with E-state index in [-0.39, 0.29) is 24.1 Å². The number of carbonyl (C=O) groups excluding carboxylic acids is 1. The lowest BCUT2D eigenvalue weighted by Gasteiger charge is -2.17. The van der Waals surface area contributed by atoms with E-state index in [1.54, 1.807) is 25.2 Å². The van der Waals surface area contributed by atoms with Gasteiger partial charge in [-0.2, -0.15) is 0 Å². The second-order valence-electron chi connectivity index (χ2n) is 6.37. The van der Waals surface area contributed by atoms with Crippen molar-refractivity contribution in [1.82, 2.24) is 14.9 Å². The van der Waals surface area contributed by atoms with Crippen molar-refractivity contribution >= 4 is 27.5 Å². The standard InChI is InChI=1S/C19H21N3O3S/c1-12(2)25-11-13-4-6-14(7-5-13)19(24)22(3)10-16-20-15-8-9-26-17(15)18(23)21-16/h4-9,12H,10-11H2,1-3H3,(H,20,21,23). The lowest BCUT2D eigenvalue weighted by Crippen LogP contribution is -2.28. The Morgan fingerprint density at radius 3 is 2.69 bits per heavy atom. The molecule has 26 heavy (non-hydrogen) atoms. The van der Waals surface area contributed by atoms with E-state index >= 15 is 0 Å². The van der Waals surface area contributed by atoms with Crippen LogP contribution in [0.25, 0.3) is 10.2 Å². The Morgan fingerprint density at radius 1 is 1.27 bits per heavy atom. The fraction of sp³-hybridized carbons (Fsp3) is 0.316. The minimum absolute atomic E-state index is 0.130. The molecule has 1 aromatic carbocycles. The molecule has 6 nitrogen and oxygen atoms in total. The summed E-state index contributed by atoms with van der Waals surface area (Å²) in [6, 6.07) is 9.16. The summed E-state index contributed by atoms with van der Waals surface area (Å²) in [7, 11) is 1.69. The highest BCUT2D eigenvalue weighted by Crippen LogP contribution is 2.15. The molecule has 0 saturated carbocycles. The van der Waals surface area contributed by atoms with Gasteiger partial charge in [0, 0.05) is 12.6 Å². The van der Waals surface area contributed by atoms with Gasteiger partial charge < -0.3 is 14.6 Å². The Balaban J connectivity index is 1.69. The summed E-state index contributed by atoms with van der Waals surface area (Å²) >= 11 is 1.35. The molecule has 3 aromatic rings. The van der Waals surface area contributed by atoms with Crippen LogP contribution in [0.2, 0.25) is 0 Å². The van der Waals surface area contributed by atoms with Crippen LogP contribution in [0.5, 0.6) is 0 Å². The smallest absolute Gasteiger partial charge is 0.268 e. The second kappa shape index (κ2) is 7.80. The number of nitrogens with one attached hydrogen (secondary N) is 1. The molecule has 0 unspecified atom stereocenters. The van der Waals surface area contributed by atoms with Crippen molar-refractivity contribution in [2.75, 3.05) is 7.05 Å². The summed E-state index contributed by atoms with van der Waals surface area (Å²) in [5, 5.41) is 1.83. The first-order valence-corrected chi connectivity index (χ1v) is 9.24. The zero-order chi connectivity index (χ0) is 18.7. The summed E-state index contributed by atoms with van der Waals surface area (Å²) in [5.41, 5.74) is 2.09. The van der Waals surface area contributed by atoms with Gasteiger partial charge in [-0.1, -0.05) is 12.1 Å². The van der Waals surface area contributed by atoms with Crippen LogP contribution in [0.1, 0.15) is 35.6 Å². The van der Waals surface area contributed by atoms with Crippen molar-refractivity contribution in [2.24, 2.45) is 0 Å². The Labute approximate surface area is 155 Å². The van der Waals surface area contributed by atoms with Crippen LogP contribution >= 0.6 is 11.3 Å². The zero-order valence-electron chi connectivity index (χ0n) is 15.0. The van der Waals surface area contributed by atoms with Gasteiger partial charge in [-0.3, -0.25) is 9.59 Å². The van der Waals surface area contributed by atoms with Gasteiger partial charge >= 0.3 is 0 Å². The number of hydrogen-bond acceptors (Lipinski definition) is 5. The molecule has 0 fully saturated rings. The number of thiophene rings is 1. The second-order valence-corrected chi connectivity index (χ2v) is 7.28. The van der Waals surface area contributed by atoms with Crippen LogP contribution in [-0.2, 0) is 17.9 Å². The van der Waals surface area contributed by atoms with Crippen LogP contribution in [0.3, 0.4) is 0 Å². The number of hydrogen-bond donors (Lipinski definition) is 1. The van der Waals surface area contributed by atoms with E-state index in [0.29, 0.717) is 28.2 Å². The number of aromatic nitrogens is 2. The fourth-order valence-corrected chi connectivity index (χ4v) is 3.25. The van der Waals surface area contributed by atoms with Crippen molar-refractivity contribution in [2.45, 2.75) is 33.1 Å². The lowest BCUT2D eigenvalue weighted by atomic mass is 10.1. The van der Waals surface area contributed by atoms with Gasteiger partial charge in [-0.15, -0.1) is 11.3 Å². The van der Waals surface area contributed by atoms with Crippen LogP contribution < -0.4 is 5.56 Å². The predicted molar refractivity (Wildman–Crippen MR) is 102 cm³/mol. The van der Waals surface area contributed by atoms with Gasteiger partial charge in [0.05, 0.1) is 24.8 Å². The predicted octanol–water partition coefficient (Wildman–Crippen LogP) is 3.18. The number of aromatic amines is 1. The van der Waals surface area contributed by atoms with Crippen molar-refractivity contribution in [3.63, 3.8) is 0 Å². The summed E-state index contributed by atoms with van der Waals surface area (Å²) in [6.45, 7) is 4.73. The third-order valence-corrected chi connectivity index (χ3v) is 4.78. The molecule has 0 saturated heterocycles. The SMILES string of the molecule is CC(C)OCc1ccc(C(=O)N(C)Cc2nc3ccsc3c(=O)[nH]2)cc1. The number of carbonyl (C=O) groups is 1. The molecule has 3 rings (SSSR count). The minimum atomic E-state index is -0.171. The van der Waals surface area contributed by atoms with Crippen molar-refractivity contribution in [3.8, 4) is 0 Å². The molecule has 0 aliphatic heterocycles. The van der Waals surface area contributed by atoms with Gasteiger partial charge in [-0.05, 0) is 43.0 Å². The molecule has 0 aliphatic rings. The number of benzene rings is 1. The average Bonchev–Trinajstić information content (AvgIpc) is 3.09. The number of H-pyrrole nitrogens is 1. The number of ether oxygens (including phenoxy) is 1. The Bertz CT molecular complexity index is 960. The van der Waals surface area contributed by atoms with E-state index in [0.717, 1.165) is 5.56 Å². The molecule has 7 heteroatoms. The lowest BCUT2D eigenvalue weighted by molar-refractivity contribution is 0.0656. The van der Waals surface area contributed by atoms with E-state index in [4.69, 9.17) is 4.74 Å². The van der Waals surface area contributed by atoms with Gasteiger partial charge in [-0.25, -0.2) is 4.98 Å². The van der Waals surface area contributed by atoms with E-state index in [1.165, 1.54) is 16.2 Å². The maximum atomic E-state index is 12.6. The Kier molecular flexibility index (Phi) is 5.49. The van der Waals surface area contributed by atoms with E-state index in [1.807, 2.05) is 31.4 Å². The summed E-state index contributed by atoms with van der Waals surface area (Å²) < 4.78 is 6.16. The maximum Gasteiger partial charge on any atom is 0.268 e. The topological polar surface area (TPSA) is 75.3 Å². The molecule has 136 valence electrons. The molecule has 1 N–H and O–H groups in total. The third kappa shape index (κ3) is 4.17. The number of amides is 1. The monoisotopic (exact) mass is 371 g/mol. The fourth-order valence-electron chi connectivity index (χ4n) is 2.52. The van der Waals surface area contributed by atoms with E-state index in [9.17, 15) is 9.59 Å². The number of rotatable bonds is 6. The normalized spacial score (nSPS) is 11.2. The molecule has 2 aromatic heterocycles. The van der Waals surface area contributed by atoms with Crippen LogP contribution in [0, 0.1) is 0 Å². The number of nitrogens with zero attached hydrogens (tertiary/aromatic N) is 2. The highest BCUT2D eigenvalue weighted by atomic mass is 32.1. The Morgan fingerprint density at radius 2 is 2.00 bits per heavy atom. The van der Waals surface area contributed by atoms with Crippen LogP contribution in [0.4, 0.5) is 0 Å². The molecule has 0 aliphatic carbocycles. The van der Waals surface area contributed by atoms with Gasteiger partial charge in [0.15, 0.2) is 0 Å². The molecule has 2 heterocycles.